The topological polar surface area (TPSA) is 97.8 Å². The molecule has 0 saturated carbocycles. The van der Waals surface area contributed by atoms with Crippen LogP contribution in [0.25, 0.3) is 20.2 Å². The summed E-state index contributed by atoms with van der Waals surface area (Å²) in [5, 5.41) is 1.03. The molecule has 0 saturated heterocycles. The Morgan fingerprint density at radius 1 is 0.960 bits per heavy atom. The number of rotatable bonds is 2. The minimum atomic E-state index is -4.06. The fourth-order valence-electron chi connectivity index (χ4n) is 2.76. The standard InChI is InChI=1S/C16H9NO6S2/c1-25(21,22)23-17-15(19)9-6-7-10-13(18)8-4-2-3-5-11(8)24-14(10)12(9)16(17)20/h2-7H,1H3. The Balaban J connectivity index is 2.05. The Morgan fingerprint density at radius 3 is 2.40 bits per heavy atom. The van der Waals surface area contributed by atoms with E-state index < -0.39 is 21.9 Å². The molecule has 0 spiro atoms. The third-order valence-electron chi connectivity index (χ3n) is 3.77. The number of benzene rings is 2. The van der Waals surface area contributed by atoms with E-state index >= 15 is 0 Å². The van der Waals surface area contributed by atoms with Gasteiger partial charge in [0.2, 0.25) is 0 Å². The van der Waals surface area contributed by atoms with E-state index in [9.17, 15) is 22.8 Å². The minimum absolute atomic E-state index is 0.00656. The Kier molecular flexibility index (Phi) is 3.29. The zero-order chi connectivity index (χ0) is 17.9. The molecule has 1 aromatic heterocycles. The summed E-state index contributed by atoms with van der Waals surface area (Å²) in [4.78, 5) is 37.5. The molecule has 2 aromatic carbocycles. The fourth-order valence-corrected chi connectivity index (χ4v) is 4.38. The predicted molar refractivity (Wildman–Crippen MR) is 92.0 cm³/mol. The van der Waals surface area contributed by atoms with Crippen molar-refractivity contribution in [2.45, 2.75) is 0 Å². The van der Waals surface area contributed by atoms with Crippen molar-refractivity contribution in [3.8, 4) is 0 Å². The number of carbonyl (C=O) groups is 2. The van der Waals surface area contributed by atoms with E-state index in [0.29, 0.717) is 20.2 Å². The average molecular weight is 375 g/mol. The van der Waals surface area contributed by atoms with Crippen LogP contribution in [0.2, 0.25) is 0 Å². The largest absolute Gasteiger partial charge is 0.289 e. The van der Waals surface area contributed by atoms with Gasteiger partial charge in [0.05, 0.1) is 22.1 Å². The number of fused-ring (bicyclic) bond motifs is 4. The van der Waals surface area contributed by atoms with Crippen molar-refractivity contribution in [3.63, 3.8) is 0 Å². The lowest BCUT2D eigenvalue weighted by Crippen LogP contribution is -2.32. The van der Waals surface area contributed by atoms with Crippen LogP contribution in [0.15, 0.2) is 41.2 Å². The molecule has 0 bridgehead atoms. The molecule has 4 rings (SSSR count). The molecule has 1 aliphatic heterocycles. The summed E-state index contributed by atoms with van der Waals surface area (Å²) in [6.07, 6.45) is 0.737. The van der Waals surface area contributed by atoms with E-state index in [2.05, 4.69) is 4.28 Å². The van der Waals surface area contributed by atoms with Gasteiger partial charge in [-0.15, -0.1) is 20.7 Å². The highest BCUT2D eigenvalue weighted by molar-refractivity contribution is 7.85. The van der Waals surface area contributed by atoms with Gasteiger partial charge in [0, 0.05) is 15.5 Å². The average Bonchev–Trinajstić information content (AvgIpc) is 2.79. The third-order valence-corrected chi connectivity index (χ3v) is 5.39. The maximum atomic E-state index is 12.7. The van der Waals surface area contributed by atoms with Gasteiger partial charge in [0.15, 0.2) is 5.43 Å². The van der Waals surface area contributed by atoms with Crippen LogP contribution in [-0.4, -0.2) is 31.6 Å². The Bertz CT molecular complexity index is 1260. The molecule has 0 N–H and O–H groups in total. The first-order valence-corrected chi connectivity index (χ1v) is 9.68. The molecule has 2 heterocycles. The van der Waals surface area contributed by atoms with Gasteiger partial charge in [-0.05, 0) is 24.3 Å². The van der Waals surface area contributed by atoms with E-state index in [4.69, 9.17) is 0 Å². The van der Waals surface area contributed by atoms with Crippen LogP contribution in [-0.2, 0) is 14.4 Å². The zero-order valence-corrected chi connectivity index (χ0v) is 14.3. The highest BCUT2D eigenvalue weighted by Crippen LogP contribution is 2.34. The first-order valence-electron chi connectivity index (χ1n) is 7.05. The normalized spacial score (nSPS) is 14.5. The lowest BCUT2D eigenvalue weighted by molar-refractivity contribution is -0.00972. The molecule has 126 valence electrons. The SMILES string of the molecule is CS(=O)(=O)ON1C(=O)c2ccc3c(=O)c4ccccc4sc3c2C1=O. The van der Waals surface area contributed by atoms with Gasteiger partial charge in [0.25, 0.3) is 21.9 Å². The quantitative estimate of drug-likeness (QED) is 0.501. The Hall–Kier alpha value is -2.62. The van der Waals surface area contributed by atoms with Crippen molar-refractivity contribution < 1.29 is 22.3 Å². The number of amides is 2. The van der Waals surface area contributed by atoms with Crippen LogP contribution in [0.5, 0.6) is 0 Å². The van der Waals surface area contributed by atoms with Crippen molar-refractivity contribution in [2.75, 3.05) is 6.26 Å². The van der Waals surface area contributed by atoms with Gasteiger partial charge >= 0.3 is 0 Å². The van der Waals surface area contributed by atoms with Crippen molar-refractivity contribution in [3.05, 3.63) is 57.7 Å². The van der Waals surface area contributed by atoms with Gasteiger partial charge in [0.1, 0.15) is 0 Å². The second-order valence-electron chi connectivity index (χ2n) is 5.48. The minimum Gasteiger partial charge on any atom is -0.289 e. The first kappa shape index (κ1) is 15.9. The summed E-state index contributed by atoms with van der Waals surface area (Å²) in [7, 11) is -4.06. The lowest BCUT2D eigenvalue weighted by Gasteiger charge is -2.10. The number of nitrogens with zero attached hydrogens (tertiary/aromatic N) is 1. The Morgan fingerprint density at radius 2 is 1.68 bits per heavy atom. The van der Waals surface area contributed by atoms with E-state index in [0.717, 1.165) is 6.26 Å². The second-order valence-corrected chi connectivity index (χ2v) is 8.09. The van der Waals surface area contributed by atoms with Gasteiger partial charge in [-0.3, -0.25) is 14.4 Å². The maximum Gasteiger partial charge on any atom is 0.288 e. The summed E-state index contributed by atoms with van der Waals surface area (Å²) in [5.41, 5.74) is -0.263. The molecule has 1 aliphatic rings. The van der Waals surface area contributed by atoms with Gasteiger partial charge in [-0.1, -0.05) is 12.1 Å². The number of hydroxylamine groups is 2. The lowest BCUT2D eigenvalue weighted by atomic mass is 10.1. The molecule has 25 heavy (non-hydrogen) atoms. The van der Waals surface area contributed by atoms with Crippen LogP contribution in [0.3, 0.4) is 0 Å². The van der Waals surface area contributed by atoms with Crippen LogP contribution < -0.4 is 5.43 Å². The van der Waals surface area contributed by atoms with Gasteiger partial charge < -0.3 is 0 Å². The molecular formula is C16H9NO6S2. The summed E-state index contributed by atoms with van der Waals surface area (Å²) in [5.74, 6) is -1.78. The van der Waals surface area contributed by atoms with E-state index in [1.54, 1.807) is 24.3 Å². The van der Waals surface area contributed by atoms with Crippen molar-refractivity contribution in [1.82, 2.24) is 5.06 Å². The summed E-state index contributed by atoms with van der Waals surface area (Å²) < 4.78 is 28.1. The van der Waals surface area contributed by atoms with Crippen LogP contribution in [0, 0.1) is 0 Å². The zero-order valence-electron chi connectivity index (χ0n) is 12.7. The maximum absolute atomic E-state index is 12.7. The smallest absolute Gasteiger partial charge is 0.288 e. The number of carbonyl (C=O) groups excluding carboxylic acids is 2. The third kappa shape index (κ3) is 2.36. The van der Waals surface area contributed by atoms with Crippen molar-refractivity contribution >= 4 is 53.4 Å². The number of hydrogen-bond acceptors (Lipinski definition) is 7. The number of imide groups is 1. The predicted octanol–water partition coefficient (Wildman–Crippen LogP) is 1.90. The second kappa shape index (κ2) is 5.19. The van der Waals surface area contributed by atoms with Gasteiger partial charge in [-0.25, -0.2) is 0 Å². The molecule has 0 atom stereocenters. The Labute approximate surface area is 145 Å². The van der Waals surface area contributed by atoms with Gasteiger partial charge in [-0.2, -0.15) is 8.42 Å². The van der Waals surface area contributed by atoms with E-state index in [1.165, 1.54) is 23.5 Å². The van der Waals surface area contributed by atoms with E-state index in [-0.39, 0.29) is 21.6 Å². The van der Waals surface area contributed by atoms with Crippen molar-refractivity contribution in [1.29, 1.82) is 0 Å². The summed E-state index contributed by atoms with van der Waals surface area (Å²) in [6.45, 7) is 0. The highest BCUT2D eigenvalue weighted by Gasteiger charge is 2.40. The summed E-state index contributed by atoms with van der Waals surface area (Å²) in [6, 6.07) is 9.74. The van der Waals surface area contributed by atoms with Crippen molar-refractivity contribution in [2.24, 2.45) is 0 Å². The highest BCUT2D eigenvalue weighted by atomic mass is 32.2. The molecule has 0 fully saturated rings. The first-order chi connectivity index (χ1) is 11.8. The molecule has 0 radical (unpaired) electrons. The summed E-state index contributed by atoms with van der Waals surface area (Å²) >= 11 is 1.19. The molecule has 0 unspecified atom stereocenters. The van der Waals surface area contributed by atoms with E-state index in [1.807, 2.05) is 0 Å². The van der Waals surface area contributed by atoms with Crippen LogP contribution >= 0.6 is 11.3 Å². The molecule has 2 amide bonds. The number of hydrogen-bond donors (Lipinski definition) is 0. The monoisotopic (exact) mass is 375 g/mol. The molecule has 7 nitrogen and oxygen atoms in total. The molecule has 3 aromatic rings. The van der Waals surface area contributed by atoms with Crippen LogP contribution in [0.1, 0.15) is 20.7 Å². The molecule has 9 heteroatoms. The molecular weight excluding hydrogens is 366 g/mol. The molecule has 0 aliphatic carbocycles. The van der Waals surface area contributed by atoms with Crippen LogP contribution in [0.4, 0.5) is 0 Å². The fraction of sp³-hybridized carbons (Fsp3) is 0.0625.